The molecular weight excluding hydrogens is 257 g/mol. The lowest BCUT2D eigenvalue weighted by molar-refractivity contribution is -0.153. The van der Waals surface area contributed by atoms with Crippen LogP contribution in [0.15, 0.2) is 11.4 Å². The van der Waals surface area contributed by atoms with E-state index in [1.165, 1.54) is 11.3 Å². The van der Waals surface area contributed by atoms with Gasteiger partial charge < -0.3 is 4.74 Å². The van der Waals surface area contributed by atoms with Gasteiger partial charge in [0.25, 0.3) is 0 Å². The quantitative estimate of drug-likeness (QED) is 0.654. The van der Waals surface area contributed by atoms with E-state index in [0.717, 1.165) is 0 Å². The largest absolute Gasteiger partial charge is 0.467 e. The summed E-state index contributed by atoms with van der Waals surface area (Å²) in [6.45, 7) is -1.40. The summed E-state index contributed by atoms with van der Waals surface area (Å²) in [5.74, 6) is 4.99. The molecule has 2 rings (SSSR count). The number of anilines is 1. The number of hydrazine groups is 1. The Morgan fingerprint density at radius 2 is 2.18 bits per heavy atom. The molecule has 0 saturated carbocycles. The number of nitrogens with two attached hydrogens (primary N) is 1. The number of nitrogens with one attached hydrogen (secondary N) is 1. The first-order valence-corrected chi connectivity index (χ1v) is 5.29. The summed E-state index contributed by atoms with van der Waals surface area (Å²) < 4.78 is 40.8. The topological polar surface area (TPSA) is 73.1 Å². The minimum atomic E-state index is -4.41. The van der Waals surface area contributed by atoms with Gasteiger partial charge in [-0.1, -0.05) is 0 Å². The van der Waals surface area contributed by atoms with Crippen LogP contribution in [0.3, 0.4) is 0 Å². The molecule has 0 saturated heterocycles. The molecule has 9 heteroatoms. The van der Waals surface area contributed by atoms with E-state index in [2.05, 4.69) is 20.1 Å². The molecule has 0 bridgehead atoms. The molecule has 0 aromatic carbocycles. The van der Waals surface area contributed by atoms with Gasteiger partial charge in [0.05, 0.1) is 5.39 Å². The molecule has 0 spiro atoms. The highest BCUT2D eigenvalue weighted by Gasteiger charge is 2.29. The average Bonchev–Trinajstić information content (AvgIpc) is 2.72. The van der Waals surface area contributed by atoms with Crippen LogP contribution >= 0.6 is 11.3 Å². The maximum atomic E-state index is 12.0. The Balaban J connectivity index is 2.34. The summed E-state index contributed by atoms with van der Waals surface area (Å²) >= 11 is 1.26. The second-order valence-electron chi connectivity index (χ2n) is 3.04. The fraction of sp³-hybridized carbons (Fsp3) is 0.250. The number of aromatic nitrogens is 2. The molecule has 0 radical (unpaired) electrons. The van der Waals surface area contributed by atoms with Crippen LogP contribution in [0.2, 0.25) is 0 Å². The van der Waals surface area contributed by atoms with Crippen molar-refractivity contribution in [3.8, 4) is 5.88 Å². The van der Waals surface area contributed by atoms with Gasteiger partial charge in [-0.2, -0.15) is 18.2 Å². The van der Waals surface area contributed by atoms with Crippen LogP contribution in [0.25, 0.3) is 10.2 Å². The Morgan fingerprint density at radius 3 is 2.82 bits per heavy atom. The van der Waals surface area contributed by atoms with Crippen LogP contribution in [0, 0.1) is 0 Å². The smallest absolute Gasteiger partial charge is 0.422 e. The van der Waals surface area contributed by atoms with Gasteiger partial charge in [-0.15, -0.1) is 11.3 Å². The monoisotopic (exact) mass is 264 g/mol. The van der Waals surface area contributed by atoms with Gasteiger partial charge in [0.15, 0.2) is 6.61 Å². The Morgan fingerprint density at radius 1 is 1.41 bits per heavy atom. The van der Waals surface area contributed by atoms with Crippen LogP contribution in [0.1, 0.15) is 0 Å². The first-order chi connectivity index (χ1) is 7.99. The van der Waals surface area contributed by atoms with Crippen LogP contribution in [-0.4, -0.2) is 22.8 Å². The van der Waals surface area contributed by atoms with Crippen molar-refractivity contribution in [3.05, 3.63) is 11.4 Å². The van der Waals surface area contributed by atoms with Gasteiger partial charge >= 0.3 is 6.18 Å². The second-order valence-corrected chi connectivity index (χ2v) is 3.93. The van der Waals surface area contributed by atoms with E-state index in [1.807, 2.05) is 0 Å². The van der Waals surface area contributed by atoms with Crippen LogP contribution in [0.4, 0.5) is 19.1 Å². The van der Waals surface area contributed by atoms with Crippen molar-refractivity contribution in [1.82, 2.24) is 9.97 Å². The number of nitrogen functional groups attached to an aromatic ring is 1. The van der Waals surface area contributed by atoms with Gasteiger partial charge in [0.1, 0.15) is 4.83 Å². The molecule has 0 aliphatic heterocycles. The molecule has 3 N–H and O–H groups in total. The van der Waals surface area contributed by atoms with Crippen molar-refractivity contribution in [2.75, 3.05) is 12.0 Å². The minimum Gasteiger partial charge on any atom is -0.467 e. The van der Waals surface area contributed by atoms with Crippen molar-refractivity contribution in [2.24, 2.45) is 5.84 Å². The van der Waals surface area contributed by atoms with E-state index in [9.17, 15) is 13.2 Å². The first-order valence-electron chi connectivity index (χ1n) is 4.41. The number of thiophene rings is 1. The number of rotatable bonds is 3. The Hall–Kier alpha value is -1.61. The predicted octanol–water partition coefficient (Wildman–Crippen LogP) is 1.92. The molecule has 0 fully saturated rings. The van der Waals surface area contributed by atoms with Crippen molar-refractivity contribution < 1.29 is 17.9 Å². The number of hydrogen-bond donors (Lipinski definition) is 2. The molecular formula is C8H7F3N4OS. The lowest BCUT2D eigenvalue weighted by Gasteiger charge is -2.09. The number of ether oxygens (including phenoxy) is 1. The van der Waals surface area contributed by atoms with E-state index in [-0.39, 0.29) is 11.8 Å². The molecule has 2 aromatic heterocycles. The second kappa shape index (κ2) is 4.34. The van der Waals surface area contributed by atoms with Crippen LogP contribution < -0.4 is 16.0 Å². The average molecular weight is 264 g/mol. The summed E-state index contributed by atoms with van der Waals surface area (Å²) in [4.78, 5) is 8.21. The summed E-state index contributed by atoms with van der Waals surface area (Å²) in [7, 11) is 0. The molecule has 2 aromatic rings. The molecule has 5 nitrogen and oxygen atoms in total. The molecule has 2 heterocycles. The lowest BCUT2D eigenvalue weighted by Crippen LogP contribution is -2.20. The highest BCUT2D eigenvalue weighted by Crippen LogP contribution is 2.29. The highest BCUT2D eigenvalue weighted by molar-refractivity contribution is 7.16. The third-order valence-electron chi connectivity index (χ3n) is 1.79. The van der Waals surface area contributed by atoms with Crippen molar-refractivity contribution in [3.63, 3.8) is 0 Å². The normalized spacial score (nSPS) is 11.8. The molecule has 0 amide bonds. The maximum absolute atomic E-state index is 12.0. The number of fused-ring (bicyclic) bond motifs is 1. The highest BCUT2D eigenvalue weighted by atomic mass is 32.1. The van der Waals surface area contributed by atoms with E-state index < -0.39 is 12.8 Å². The van der Waals surface area contributed by atoms with Gasteiger partial charge in [0, 0.05) is 0 Å². The number of nitrogens with zero attached hydrogens (tertiary/aromatic N) is 2. The van der Waals surface area contributed by atoms with E-state index in [1.54, 1.807) is 11.4 Å². The third kappa shape index (κ3) is 2.74. The van der Waals surface area contributed by atoms with Gasteiger partial charge in [-0.05, 0) is 11.4 Å². The molecule has 17 heavy (non-hydrogen) atoms. The lowest BCUT2D eigenvalue weighted by atomic mass is 10.4. The zero-order chi connectivity index (χ0) is 12.5. The zero-order valence-corrected chi connectivity index (χ0v) is 9.10. The summed E-state index contributed by atoms with van der Waals surface area (Å²) in [6.07, 6.45) is -4.41. The number of halogens is 3. The van der Waals surface area contributed by atoms with Crippen LogP contribution in [0.5, 0.6) is 5.88 Å². The maximum Gasteiger partial charge on any atom is 0.422 e. The van der Waals surface area contributed by atoms with Crippen LogP contribution in [-0.2, 0) is 0 Å². The van der Waals surface area contributed by atoms with Crippen molar-refractivity contribution in [2.45, 2.75) is 6.18 Å². The number of alkyl halides is 3. The Labute approximate surface area is 97.4 Å². The van der Waals surface area contributed by atoms with Crippen molar-refractivity contribution in [1.29, 1.82) is 0 Å². The zero-order valence-electron chi connectivity index (χ0n) is 8.28. The molecule has 0 aliphatic rings. The van der Waals surface area contributed by atoms with Gasteiger partial charge in [-0.25, -0.2) is 10.8 Å². The van der Waals surface area contributed by atoms with E-state index in [4.69, 9.17) is 5.84 Å². The van der Waals surface area contributed by atoms with Crippen molar-refractivity contribution >= 4 is 27.5 Å². The Kier molecular flexibility index (Phi) is 3.03. The summed E-state index contributed by atoms with van der Waals surface area (Å²) in [5.41, 5.74) is 2.17. The molecule has 0 unspecified atom stereocenters. The third-order valence-corrected chi connectivity index (χ3v) is 2.60. The fourth-order valence-corrected chi connectivity index (χ4v) is 1.91. The molecule has 0 aliphatic carbocycles. The van der Waals surface area contributed by atoms with Gasteiger partial charge in [0.2, 0.25) is 11.8 Å². The molecule has 92 valence electrons. The predicted molar refractivity (Wildman–Crippen MR) is 56.8 cm³/mol. The van der Waals surface area contributed by atoms with Gasteiger partial charge in [-0.3, -0.25) is 5.43 Å². The number of hydrogen-bond acceptors (Lipinski definition) is 6. The first kappa shape index (κ1) is 11.9. The standard InChI is InChI=1S/C8H7F3N4OS/c9-8(10,11)3-16-5-4-1-2-17-6(4)14-7(13-5)15-12/h1-2H,3,12H2,(H,13,14,15). The Bertz CT molecular complexity index is 527. The fourth-order valence-electron chi connectivity index (χ4n) is 1.15. The molecule has 0 atom stereocenters. The van der Waals surface area contributed by atoms with E-state index >= 15 is 0 Å². The summed E-state index contributed by atoms with van der Waals surface area (Å²) in [6, 6.07) is 1.59. The summed E-state index contributed by atoms with van der Waals surface area (Å²) in [5, 5.41) is 2.11. The minimum absolute atomic E-state index is 0.0112. The van der Waals surface area contributed by atoms with E-state index in [0.29, 0.717) is 10.2 Å². The SMILES string of the molecule is NNc1nc(OCC(F)(F)F)c2ccsc2n1.